The molecule has 0 heterocycles. The van der Waals surface area contributed by atoms with Crippen LogP contribution in [0, 0.1) is 0 Å². The normalized spacial score (nSPS) is 24.2. The van der Waals surface area contributed by atoms with Crippen LogP contribution in [0.5, 0.6) is 0 Å². The molecule has 0 aromatic heterocycles. The molecule has 8 atom stereocenters. The number of aliphatic hydroxyl groups is 5. The van der Waals surface area contributed by atoms with Gasteiger partial charge in [0, 0.05) is 12.8 Å². The molecule has 1 aliphatic rings. The van der Waals surface area contributed by atoms with Crippen molar-refractivity contribution in [3.63, 3.8) is 0 Å². The maximum atomic E-state index is 12.7. The molecule has 0 bridgehead atoms. The highest BCUT2D eigenvalue weighted by molar-refractivity contribution is 7.47. The number of unbranched alkanes of at least 4 members (excludes halogenated alkanes) is 9. The van der Waals surface area contributed by atoms with Crippen molar-refractivity contribution in [1.29, 1.82) is 0 Å². The second kappa shape index (κ2) is 29.2. The minimum atomic E-state index is -5.11. The van der Waals surface area contributed by atoms with Gasteiger partial charge in [-0.15, -0.1) is 0 Å². The maximum absolute atomic E-state index is 12.7. The predicted octanol–water partition coefficient (Wildman–Crippen LogP) is 5.66. The van der Waals surface area contributed by atoms with Gasteiger partial charge in [-0.2, -0.15) is 0 Å². The summed E-state index contributed by atoms with van der Waals surface area (Å²) in [6.45, 7) is 3.06. The van der Waals surface area contributed by atoms with Gasteiger partial charge in [0.15, 0.2) is 6.10 Å². The van der Waals surface area contributed by atoms with Gasteiger partial charge in [0.1, 0.15) is 43.2 Å². The van der Waals surface area contributed by atoms with E-state index in [2.05, 4.69) is 62.5 Å². The van der Waals surface area contributed by atoms with Crippen LogP contribution in [-0.4, -0.2) is 98.3 Å². The van der Waals surface area contributed by atoms with Crippen molar-refractivity contribution in [2.24, 2.45) is 0 Å². The molecule has 0 aromatic rings. The van der Waals surface area contributed by atoms with Gasteiger partial charge in [0.25, 0.3) is 0 Å². The first kappa shape index (κ1) is 47.8. The number of hydrogen-bond acceptors (Lipinski definition) is 12. The Morgan fingerprint density at radius 3 is 1.67 bits per heavy atom. The van der Waals surface area contributed by atoms with Crippen molar-refractivity contribution < 1.29 is 63.1 Å². The average molecular weight is 761 g/mol. The number of carbonyl (C=O) groups excluding carboxylic acids is 2. The monoisotopic (exact) mass is 760 g/mol. The van der Waals surface area contributed by atoms with Crippen molar-refractivity contribution in [2.45, 2.75) is 166 Å². The summed E-state index contributed by atoms with van der Waals surface area (Å²) in [5.41, 5.74) is 0. The first-order valence-electron chi connectivity index (χ1n) is 18.9. The number of esters is 2. The quantitative estimate of drug-likeness (QED) is 0.0236. The third-order valence-electron chi connectivity index (χ3n) is 8.43. The first-order valence-corrected chi connectivity index (χ1v) is 20.4. The van der Waals surface area contributed by atoms with E-state index in [1.165, 1.54) is 12.8 Å². The smallest absolute Gasteiger partial charge is 0.462 e. The molecule has 0 amide bonds. The molecule has 1 rings (SSSR count). The van der Waals surface area contributed by atoms with E-state index in [1.807, 2.05) is 0 Å². The summed E-state index contributed by atoms with van der Waals surface area (Å²) in [5.74, 6) is -1.16. The number of hydrogen-bond donors (Lipinski definition) is 6. The lowest BCUT2D eigenvalue weighted by Gasteiger charge is -2.41. The summed E-state index contributed by atoms with van der Waals surface area (Å²) >= 11 is 0. The minimum Gasteiger partial charge on any atom is -0.462 e. The molecule has 0 radical (unpaired) electrons. The van der Waals surface area contributed by atoms with Gasteiger partial charge >= 0.3 is 19.8 Å². The lowest BCUT2D eigenvalue weighted by Crippen LogP contribution is -2.64. The Labute approximate surface area is 310 Å². The van der Waals surface area contributed by atoms with Crippen molar-refractivity contribution in [1.82, 2.24) is 0 Å². The van der Waals surface area contributed by atoms with Crippen LogP contribution in [0.4, 0.5) is 0 Å². The largest absolute Gasteiger partial charge is 0.472 e. The first-order chi connectivity index (χ1) is 24.9. The molecule has 6 N–H and O–H groups in total. The Morgan fingerprint density at radius 2 is 1.10 bits per heavy atom. The molecule has 6 unspecified atom stereocenters. The van der Waals surface area contributed by atoms with Crippen LogP contribution in [0.15, 0.2) is 48.6 Å². The topological polar surface area (TPSA) is 210 Å². The molecular formula is C38H65O13P. The Bertz CT molecular complexity index is 1110. The summed E-state index contributed by atoms with van der Waals surface area (Å²) in [5, 5.41) is 49.8. The number of allylic oxidation sites excluding steroid dienone is 8. The molecule has 300 valence electrons. The van der Waals surface area contributed by atoms with Crippen LogP contribution >= 0.6 is 7.82 Å². The number of phosphoric acid groups is 1. The molecule has 52 heavy (non-hydrogen) atoms. The fourth-order valence-corrected chi connectivity index (χ4v) is 6.31. The molecule has 0 aromatic carbocycles. The van der Waals surface area contributed by atoms with Crippen LogP contribution < -0.4 is 0 Å². The fourth-order valence-electron chi connectivity index (χ4n) is 5.33. The number of aliphatic hydroxyl groups excluding tert-OH is 5. The van der Waals surface area contributed by atoms with Gasteiger partial charge in [-0.05, 0) is 51.4 Å². The molecule has 0 spiro atoms. The molecule has 0 saturated heterocycles. The minimum absolute atomic E-state index is 0.0859. The van der Waals surface area contributed by atoms with E-state index in [0.717, 1.165) is 70.6 Å². The number of phosphoric ester groups is 1. The number of rotatable bonds is 29. The second-order valence-corrected chi connectivity index (χ2v) is 14.5. The molecule has 0 aliphatic heterocycles. The van der Waals surface area contributed by atoms with Gasteiger partial charge < -0.3 is 39.9 Å². The van der Waals surface area contributed by atoms with Crippen LogP contribution in [0.1, 0.15) is 123 Å². The number of ether oxygens (including phenoxy) is 2. The molecular weight excluding hydrogens is 695 g/mol. The van der Waals surface area contributed by atoms with E-state index >= 15 is 0 Å². The molecule has 14 heteroatoms. The lowest BCUT2D eigenvalue weighted by molar-refractivity contribution is -0.220. The molecule has 13 nitrogen and oxygen atoms in total. The van der Waals surface area contributed by atoms with Crippen molar-refractivity contribution in [3.05, 3.63) is 48.6 Å². The summed E-state index contributed by atoms with van der Waals surface area (Å²) in [4.78, 5) is 35.3. The van der Waals surface area contributed by atoms with Crippen LogP contribution in [0.3, 0.4) is 0 Å². The highest BCUT2D eigenvalue weighted by atomic mass is 31.2. The lowest BCUT2D eigenvalue weighted by atomic mass is 9.85. The summed E-state index contributed by atoms with van der Waals surface area (Å²) in [6, 6.07) is 0. The van der Waals surface area contributed by atoms with Gasteiger partial charge in [-0.25, -0.2) is 4.57 Å². The van der Waals surface area contributed by atoms with E-state index in [4.69, 9.17) is 18.5 Å². The molecule has 1 fully saturated rings. The van der Waals surface area contributed by atoms with Crippen LogP contribution in [-0.2, 0) is 32.7 Å². The zero-order chi connectivity index (χ0) is 38.6. The highest BCUT2D eigenvalue weighted by Crippen LogP contribution is 2.47. The zero-order valence-electron chi connectivity index (χ0n) is 31.1. The fraction of sp³-hybridized carbons (Fsp3) is 0.737. The summed E-state index contributed by atoms with van der Waals surface area (Å²) in [7, 11) is -5.11. The van der Waals surface area contributed by atoms with Crippen molar-refractivity contribution >= 4 is 19.8 Å². The number of carbonyl (C=O) groups is 2. The molecule has 1 aliphatic carbocycles. The van der Waals surface area contributed by atoms with Gasteiger partial charge in [-0.3, -0.25) is 18.6 Å². The van der Waals surface area contributed by atoms with E-state index in [9.17, 15) is 44.6 Å². The predicted molar refractivity (Wildman–Crippen MR) is 198 cm³/mol. The SMILES string of the molecule is CC/C=C/C/C=C/C/C=C/C/C=C/CCCCC(=O)OC[C@@H](COP(=O)(O)OC1C(O)C(O)C(O)[C@H](O)C1O)OC(=O)CCCCCCCCCC. The summed E-state index contributed by atoms with van der Waals surface area (Å²) in [6.07, 6.45) is 17.9. The van der Waals surface area contributed by atoms with Crippen LogP contribution in [0.2, 0.25) is 0 Å². The van der Waals surface area contributed by atoms with E-state index < -0.39 is 75.7 Å². The molecule has 1 saturated carbocycles. The Hall–Kier alpha value is -2.19. The van der Waals surface area contributed by atoms with Gasteiger partial charge in [-0.1, -0.05) is 107 Å². The highest BCUT2D eigenvalue weighted by Gasteiger charge is 2.51. The van der Waals surface area contributed by atoms with Gasteiger partial charge in [0.05, 0.1) is 6.61 Å². The maximum Gasteiger partial charge on any atom is 0.472 e. The van der Waals surface area contributed by atoms with Crippen LogP contribution in [0.25, 0.3) is 0 Å². The Morgan fingerprint density at radius 1 is 0.615 bits per heavy atom. The van der Waals surface area contributed by atoms with E-state index in [0.29, 0.717) is 12.8 Å². The zero-order valence-corrected chi connectivity index (χ0v) is 32.0. The standard InChI is InChI=1S/C38H65O13P/c1-3-5-7-9-11-13-14-15-16-17-18-19-21-22-24-26-31(39)48-28-30(50-32(40)27-25-23-20-12-10-8-6-4-2)29-49-52(46,47)51-38-36(44)34(42)33(41)35(43)37(38)45/h5,7,11,13,15-16,18-19,30,33-38,41-45H,3-4,6,8-10,12,14,17,20-29H2,1-2H3,(H,46,47)/b7-5+,13-11+,16-15+,19-18+/t30-,33?,34-,35?,36?,37?,38?/m0/s1. The summed E-state index contributed by atoms with van der Waals surface area (Å²) < 4.78 is 33.2. The van der Waals surface area contributed by atoms with Crippen molar-refractivity contribution in [2.75, 3.05) is 13.2 Å². The average Bonchev–Trinajstić information content (AvgIpc) is 3.12. The van der Waals surface area contributed by atoms with Crippen molar-refractivity contribution in [3.8, 4) is 0 Å². The van der Waals surface area contributed by atoms with E-state index in [-0.39, 0.29) is 12.8 Å². The Balaban J connectivity index is 2.56. The van der Waals surface area contributed by atoms with E-state index in [1.54, 1.807) is 0 Å². The second-order valence-electron chi connectivity index (χ2n) is 13.1. The Kier molecular flexibility index (Phi) is 26.9. The third-order valence-corrected chi connectivity index (χ3v) is 9.42. The third kappa shape index (κ3) is 22.1. The van der Waals surface area contributed by atoms with Gasteiger partial charge in [0.2, 0.25) is 0 Å².